The maximum atomic E-state index is 13.3. The molecule has 0 saturated carbocycles. The van der Waals surface area contributed by atoms with Crippen molar-refractivity contribution in [3.63, 3.8) is 0 Å². The summed E-state index contributed by atoms with van der Waals surface area (Å²) in [5, 5.41) is 8.67. The average Bonchev–Trinajstić information content (AvgIpc) is 2.48. The standard InChI is InChI=1S/C16H13FO4/c1-20-14-4-2-3-5-15(14)21-13-8-7-12(17)10-11(13)6-9-16(18)19/h2-10H,1H3,(H,18,19)/b9-6+. The highest BCUT2D eigenvalue weighted by Crippen LogP contribution is 2.33. The number of rotatable bonds is 5. The number of carbonyl (C=O) groups is 1. The van der Waals surface area contributed by atoms with E-state index in [0.717, 1.165) is 6.08 Å². The van der Waals surface area contributed by atoms with Crippen molar-refractivity contribution in [2.24, 2.45) is 0 Å². The largest absolute Gasteiger partial charge is 0.493 e. The normalized spacial score (nSPS) is 10.6. The maximum Gasteiger partial charge on any atom is 0.328 e. The van der Waals surface area contributed by atoms with Crippen LogP contribution < -0.4 is 9.47 Å². The van der Waals surface area contributed by atoms with Gasteiger partial charge in [0.25, 0.3) is 0 Å². The molecule has 2 aromatic rings. The predicted molar refractivity (Wildman–Crippen MR) is 76.1 cm³/mol. The van der Waals surface area contributed by atoms with Gasteiger partial charge in [-0.15, -0.1) is 0 Å². The summed E-state index contributed by atoms with van der Waals surface area (Å²) < 4.78 is 24.1. The molecule has 108 valence electrons. The number of halogens is 1. The van der Waals surface area contributed by atoms with Gasteiger partial charge in [0.2, 0.25) is 0 Å². The first-order valence-corrected chi connectivity index (χ1v) is 6.11. The fourth-order valence-corrected chi connectivity index (χ4v) is 1.73. The van der Waals surface area contributed by atoms with Crippen LogP contribution in [0.1, 0.15) is 5.56 Å². The third-order valence-electron chi connectivity index (χ3n) is 2.67. The van der Waals surface area contributed by atoms with E-state index in [1.807, 2.05) is 0 Å². The summed E-state index contributed by atoms with van der Waals surface area (Å²) in [5.74, 6) is -0.292. The smallest absolute Gasteiger partial charge is 0.328 e. The predicted octanol–water partition coefficient (Wildman–Crippen LogP) is 3.72. The van der Waals surface area contributed by atoms with Crippen molar-refractivity contribution < 1.29 is 23.8 Å². The van der Waals surface area contributed by atoms with Gasteiger partial charge >= 0.3 is 5.97 Å². The molecule has 2 aromatic carbocycles. The van der Waals surface area contributed by atoms with E-state index in [2.05, 4.69) is 0 Å². The molecular formula is C16H13FO4. The summed E-state index contributed by atoms with van der Waals surface area (Å²) in [6.07, 6.45) is 2.19. The second-order valence-electron chi connectivity index (χ2n) is 4.11. The molecule has 0 aliphatic rings. The molecule has 4 nitrogen and oxygen atoms in total. The molecule has 0 aliphatic carbocycles. The average molecular weight is 288 g/mol. The van der Waals surface area contributed by atoms with Crippen LogP contribution in [0.15, 0.2) is 48.5 Å². The van der Waals surface area contributed by atoms with Crippen molar-refractivity contribution in [1.82, 2.24) is 0 Å². The van der Waals surface area contributed by atoms with Gasteiger partial charge in [-0.1, -0.05) is 12.1 Å². The van der Waals surface area contributed by atoms with E-state index in [1.165, 1.54) is 31.4 Å². The SMILES string of the molecule is COc1ccccc1Oc1ccc(F)cc1/C=C/C(=O)O. The van der Waals surface area contributed by atoms with Crippen LogP contribution in [0.3, 0.4) is 0 Å². The number of carboxylic acid groups (broad SMARTS) is 1. The molecule has 1 N–H and O–H groups in total. The van der Waals surface area contributed by atoms with E-state index < -0.39 is 11.8 Å². The number of para-hydroxylation sites is 2. The van der Waals surface area contributed by atoms with E-state index in [9.17, 15) is 9.18 Å². The van der Waals surface area contributed by atoms with Gasteiger partial charge in [0.15, 0.2) is 11.5 Å². The van der Waals surface area contributed by atoms with Gasteiger partial charge in [-0.05, 0) is 36.4 Å². The van der Waals surface area contributed by atoms with Crippen molar-refractivity contribution in [3.05, 3.63) is 59.9 Å². The molecule has 0 aliphatic heterocycles. The van der Waals surface area contributed by atoms with Gasteiger partial charge < -0.3 is 14.6 Å². The van der Waals surface area contributed by atoms with E-state index in [0.29, 0.717) is 22.8 Å². The zero-order chi connectivity index (χ0) is 15.2. The Labute approximate surface area is 121 Å². The number of carboxylic acids is 1. The number of aliphatic carboxylic acids is 1. The summed E-state index contributed by atoms with van der Waals surface area (Å²) in [4.78, 5) is 10.6. The lowest BCUT2D eigenvalue weighted by atomic mass is 10.1. The van der Waals surface area contributed by atoms with E-state index in [1.54, 1.807) is 24.3 Å². The van der Waals surface area contributed by atoms with Crippen LogP contribution in [0.25, 0.3) is 6.08 Å². The van der Waals surface area contributed by atoms with Crippen LogP contribution in [0, 0.1) is 5.82 Å². The third kappa shape index (κ3) is 3.82. The second-order valence-corrected chi connectivity index (χ2v) is 4.11. The van der Waals surface area contributed by atoms with E-state index in [4.69, 9.17) is 14.6 Å². The van der Waals surface area contributed by atoms with Crippen molar-refractivity contribution in [3.8, 4) is 17.2 Å². The molecule has 0 aromatic heterocycles. The van der Waals surface area contributed by atoms with Crippen LogP contribution in [-0.2, 0) is 4.79 Å². The Bertz CT molecular complexity index is 680. The lowest BCUT2D eigenvalue weighted by Gasteiger charge is -2.12. The fourth-order valence-electron chi connectivity index (χ4n) is 1.73. The van der Waals surface area contributed by atoms with Crippen molar-refractivity contribution in [2.45, 2.75) is 0 Å². The zero-order valence-electron chi connectivity index (χ0n) is 11.2. The first kappa shape index (κ1) is 14.6. The molecule has 0 unspecified atom stereocenters. The molecule has 21 heavy (non-hydrogen) atoms. The summed E-state index contributed by atoms with van der Waals surface area (Å²) in [6, 6.07) is 10.9. The highest BCUT2D eigenvalue weighted by molar-refractivity contribution is 5.85. The van der Waals surface area contributed by atoms with Crippen LogP contribution >= 0.6 is 0 Å². The summed E-state index contributed by atoms with van der Waals surface area (Å²) in [7, 11) is 1.51. The molecule has 0 amide bonds. The minimum atomic E-state index is -1.12. The van der Waals surface area contributed by atoms with Gasteiger partial charge in [-0.2, -0.15) is 0 Å². The minimum Gasteiger partial charge on any atom is -0.493 e. The molecule has 0 saturated heterocycles. The van der Waals surface area contributed by atoms with Crippen LogP contribution in [0.5, 0.6) is 17.2 Å². The second kappa shape index (κ2) is 6.56. The highest BCUT2D eigenvalue weighted by Gasteiger charge is 2.08. The van der Waals surface area contributed by atoms with Crippen LogP contribution in [-0.4, -0.2) is 18.2 Å². The third-order valence-corrected chi connectivity index (χ3v) is 2.67. The molecule has 0 heterocycles. The Morgan fingerprint density at radius 1 is 1.14 bits per heavy atom. The maximum absolute atomic E-state index is 13.3. The Morgan fingerprint density at radius 3 is 2.52 bits per heavy atom. The number of ether oxygens (including phenoxy) is 2. The first-order chi connectivity index (χ1) is 10.1. The first-order valence-electron chi connectivity index (χ1n) is 6.11. The van der Waals surface area contributed by atoms with Gasteiger partial charge in [0.05, 0.1) is 7.11 Å². The Balaban J connectivity index is 2.37. The van der Waals surface area contributed by atoms with Crippen LogP contribution in [0.2, 0.25) is 0 Å². The molecule has 2 rings (SSSR count). The zero-order valence-corrected chi connectivity index (χ0v) is 11.2. The fraction of sp³-hybridized carbons (Fsp3) is 0.0625. The minimum absolute atomic E-state index is 0.323. The van der Waals surface area contributed by atoms with Crippen molar-refractivity contribution >= 4 is 12.0 Å². The molecule has 5 heteroatoms. The van der Waals surface area contributed by atoms with Gasteiger partial charge in [-0.25, -0.2) is 9.18 Å². The molecule has 0 bridgehead atoms. The van der Waals surface area contributed by atoms with Gasteiger partial charge in [0.1, 0.15) is 11.6 Å². The van der Waals surface area contributed by atoms with Crippen molar-refractivity contribution in [2.75, 3.05) is 7.11 Å². The lowest BCUT2D eigenvalue weighted by Crippen LogP contribution is -1.93. The van der Waals surface area contributed by atoms with Gasteiger partial charge in [-0.3, -0.25) is 0 Å². The Kier molecular flexibility index (Phi) is 4.56. The van der Waals surface area contributed by atoms with Crippen molar-refractivity contribution in [1.29, 1.82) is 0 Å². The molecule has 0 fully saturated rings. The van der Waals surface area contributed by atoms with E-state index >= 15 is 0 Å². The van der Waals surface area contributed by atoms with E-state index in [-0.39, 0.29) is 0 Å². The molecule has 0 atom stereocenters. The summed E-state index contributed by atoms with van der Waals surface area (Å²) in [5.41, 5.74) is 0.323. The molecule has 0 radical (unpaired) electrons. The molecule has 0 spiro atoms. The Morgan fingerprint density at radius 2 is 1.86 bits per heavy atom. The number of hydrogen-bond acceptors (Lipinski definition) is 3. The number of methoxy groups -OCH3 is 1. The monoisotopic (exact) mass is 288 g/mol. The number of hydrogen-bond donors (Lipinski definition) is 1. The molecular weight excluding hydrogens is 275 g/mol. The quantitative estimate of drug-likeness (QED) is 0.852. The summed E-state index contributed by atoms with van der Waals surface area (Å²) >= 11 is 0. The van der Waals surface area contributed by atoms with Crippen LogP contribution in [0.4, 0.5) is 4.39 Å². The topological polar surface area (TPSA) is 55.8 Å². The lowest BCUT2D eigenvalue weighted by molar-refractivity contribution is -0.131. The van der Waals surface area contributed by atoms with Gasteiger partial charge in [0, 0.05) is 11.6 Å². The Hall–Kier alpha value is -2.82. The highest BCUT2D eigenvalue weighted by atomic mass is 19.1. The summed E-state index contributed by atoms with van der Waals surface area (Å²) in [6.45, 7) is 0. The number of benzene rings is 2.